The van der Waals surface area contributed by atoms with E-state index in [1.54, 1.807) is 0 Å². The number of pyridine rings is 1. The van der Waals surface area contributed by atoms with E-state index < -0.39 is 0 Å². The topological polar surface area (TPSA) is 3.88 Å². The zero-order valence-corrected chi connectivity index (χ0v) is 19.9. The Morgan fingerprint density at radius 1 is 0.556 bits per heavy atom. The summed E-state index contributed by atoms with van der Waals surface area (Å²) in [4.78, 5) is 0. The first-order valence-electron chi connectivity index (χ1n) is 11.8. The first-order valence-corrected chi connectivity index (χ1v) is 11.8. The summed E-state index contributed by atoms with van der Waals surface area (Å²) in [7, 11) is 0. The smallest absolute Gasteiger partial charge is 0.169 e. The molecule has 0 N–H and O–H groups in total. The highest BCUT2D eigenvalue weighted by atomic mass is 79.9. The van der Waals surface area contributed by atoms with Crippen LogP contribution in [0.15, 0.2) is 24.5 Å². The van der Waals surface area contributed by atoms with Gasteiger partial charge in [0.1, 0.15) is 6.54 Å². The molecule has 27 heavy (non-hydrogen) atoms. The maximum absolute atomic E-state index is 2.32. The quantitative estimate of drug-likeness (QED) is 0.225. The van der Waals surface area contributed by atoms with Crippen molar-refractivity contribution in [3.63, 3.8) is 0 Å². The van der Waals surface area contributed by atoms with Crippen molar-refractivity contribution in [3.05, 3.63) is 30.1 Å². The molecule has 2 heteroatoms. The van der Waals surface area contributed by atoms with Gasteiger partial charge in [-0.2, -0.15) is 0 Å². The molecule has 0 aromatic carbocycles. The predicted octanol–water partition coefficient (Wildman–Crippen LogP) is 4.94. The molecule has 0 aliphatic rings. The zero-order valence-electron chi connectivity index (χ0n) is 18.4. The zero-order chi connectivity index (χ0) is 18.7. The first-order chi connectivity index (χ1) is 12.8. The molecule has 0 radical (unpaired) electrons. The normalized spacial score (nSPS) is 10.7. The molecule has 1 heterocycles. The lowest BCUT2D eigenvalue weighted by Crippen LogP contribution is -3.00. The average Bonchev–Trinajstić information content (AvgIpc) is 2.66. The highest BCUT2D eigenvalue weighted by molar-refractivity contribution is 5.03. The molecular weight excluding hydrogens is 394 g/mol. The second-order valence-corrected chi connectivity index (χ2v) is 8.27. The molecule has 0 amide bonds. The molecular formula is C25H46BrN. The number of aryl methyl sites for hydroxylation is 2. The van der Waals surface area contributed by atoms with Gasteiger partial charge in [0.05, 0.1) is 0 Å². The van der Waals surface area contributed by atoms with E-state index in [0.717, 1.165) is 0 Å². The van der Waals surface area contributed by atoms with E-state index in [2.05, 4.69) is 42.9 Å². The molecule has 1 aromatic heterocycles. The van der Waals surface area contributed by atoms with E-state index in [4.69, 9.17) is 0 Å². The highest BCUT2D eigenvalue weighted by Crippen LogP contribution is 2.14. The van der Waals surface area contributed by atoms with Crippen LogP contribution in [0.25, 0.3) is 0 Å². The molecule has 0 saturated carbocycles. The van der Waals surface area contributed by atoms with Crippen LogP contribution >= 0.6 is 0 Å². The summed E-state index contributed by atoms with van der Waals surface area (Å²) in [6.07, 6.45) is 29.0. The van der Waals surface area contributed by atoms with Crippen LogP contribution in [0.4, 0.5) is 0 Å². The third-order valence-corrected chi connectivity index (χ3v) is 5.58. The summed E-state index contributed by atoms with van der Waals surface area (Å²) < 4.78 is 2.32. The summed E-state index contributed by atoms with van der Waals surface area (Å²) in [6.45, 7) is 5.63. The van der Waals surface area contributed by atoms with Crippen molar-refractivity contribution < 1.29 is 21.5 Å². The molecule has 0 bridgehead atoms. The Labute approximate surface area is 181 Å². The first kappa shape index (κ1) is 26.6. The van der Waals surface area contributed by atoms with Crippen LogP contribution in [0.2, 0.25) is 0 Å². The van der Waals surface area contributed by atoms with Crippen molar-refractivity contribution >= 4 is 0 Å². The van der Waals surface area contributed by atoms with Gasteiger partial charge in [-0.15, -0.1) is 0 Å². The predicted molar refractivity (Wildman–Crippen MR) is 116 cm³/mol. The van der Waals surface area contributed by atoms with Gasteiger partial charge in [0.25, 0.3) is 0 Å². The molecule has 0 fully saturated rings. The fourth-order valence-electron chi connectivity index (χ4n) is 3.70. The van der Waals surface area contributed by atoms with Crippen LogP contribution in [-0.4, -0.2) is 0 Å². The minimum atomic E-state index is 0. The number of unbranched alkanes of at least 4 members (excludes halogenated alkanes) is 16. The Morgan fingerprint density at radius 2 is 0.889 bits per heavy atom. The number of aromatic nitrogens is 1. The molecule has 0 saturated heterocycles. The minimum Gasteiger partial charge on any atom is -1.00 e. The maximum Gasteiger partial charge on any atom is 0.169 e. The van der Waals surface area contributed by atoms with E-state index >= 15 is 0 Å². The number of hydrogen-bond acceptors (Lipinski definition) is 0. The van der Waals surface area contributed by atoms with Crippen LogP contribution in [-0.2, 0) is 6.54 Å². The van der Waals surface area contributed by atoms with Gasteiger partial charge in [-0.05, 0) is 18.9 Å². The fourth-order valence-corrected chi connectivity index (χ4v) is 3.70. The summed E-state index contributed by atoms with van der Waals surface area (Å²) >= 11 is 0. The summed E-state index contributed by atoms with van der Waals surface area (Å²) in [5, 5.41) is 0. The van der Waals surface area contributed by atoms with Gasteiger partial charge in [0.2, 0.25) is 0 Å². The third kappa shape index (κ3) is 17.5. The van der Waals surface area contributed by atoms with E-state index in [0.29, 0.717) is 0 Å². The van der Waals surface area contributed by atoms with Crippen molar-refractivity contribution in [1.29, 1.82) is 0 Å². The van der Waals surface area contributed by atoms with Gasteiger partial charge in [0, 0.05) is 18.6 Å². The summed E-state index contributed by atoms with van der Waals surface area (Å²) in [6, 6.07) is 4.40. The molecule has 0 aliphatic heterocycles. The van der Waals surface area contributed by atoms with Crippen LogP contribution in [0.1, 0.15) is 122 Å². The highest BCUT2D eigenvalue weighted by Gasteiger charge is 1.99. The number of nitrogens with zero attached hydrogens (tertiary/aromatic N) is 1. The lowest BCUT2D eigenvalue weighted by Gasteiger charge is -2.03. The molecule has 1 nitrogen and oxygen atoms in total. The van der Waals surface area contributed by atoms with Gasteiger partial charge in [0.15, 0.2) is 12.4 Å². The SMILES string of the molecule is CCCCCCCCCCCCCCCCCCC[n+]1ccc(C)cc1.[Br-]. The van der Waals surface area contributed by atoms with Crippen LogP contribution < -0.4 is 21.5 Å². The molecule has 0 atom stereocenters. The molecule has 0 aliphatic carbocycles. The van der Waals surface area contributed by atoms with Crippen LogP contribution in [0.5, 0.6) is 0 Å². The van der Waals surface area contributed by atoms with Crippen molar-refractivity contribution in [2.75, 3.05) is 0 Å². The molecule has 0 unspecified atom stereocenters. The maximum atomic E-state index is 2.32. The van der Waals surface area contributed by atoms with E-state index in [9.17, 15) is 0 Å². The monoisotopic (exact) mass is 439 g/mol. The van der Waals surface area contributed by atoms with Gasteiger partial charge < -0.3 is 17.0 Å². The second-order valence-electron chi connectivity index (χ2n) is 8.27. The number of halogens is 1. The van der Waals surface area contributed by atoms with Gasteiger partial charge in [-0.1, -0.05) is 103 Å². The second kappa shape index (κ2) is 20.4. The van der Waals surface area contributed by atoms with Gasteiger partial charge in [-0.3, -0.25) is 0 Å². The van der Waals surface area contributed by atoms with Crippen molar-refractivity contribution in [1.82, 2.24) is 0 Å². The number of rotatable bonds is 18. The van der Waals surface area contributed by atoms with Gasteiger partial charge >= 0.3 is 0 Å². The van der Waals surface area contributed by atoms with Crippen molar-refractivity contribution in [2.45, 2.75) is 130 Å². The van der Waals surface area contributed by atoms with Crippen molar-refractivity contribution in [3.8, 4) is 0 Å². The standard InChI is InChI=1S/C25H46N.BrH/c1-3-4-5-6-7-8-9-10-11-12-13-14-15-16-17-18-19-22-26-23-20-25(2)21-24-26;/h20-21,23-24H,3-19,22H2,1-2H3;1H/q+1;/p-1. The Balaban J connectivity index is 0.00000676. The average molecular weight is 441 g/mol. The van der Waals surface area contributed by atoms with E-state index in [1.165, 1.54) is 121 Å². The molecule has 158 valence electrons. The lowest BCUT2D eigenvalue weighted by atomic mass is 10.0. The van der Waals surface area contributed by atoms with Gasteiger partial charge in [-0.25, -0.2) is 4.57 Å². The van der Waals surface area contributed by atoms with Crippen LogP contribution in [0, 0.1) is 6.92 Å². The lowest BCUT2D eigenvalue weighted by molar-refractivity contribution is -0.697. The van der Waals surface area contributed by atoms with E-state index in [1.807, 2.05) is 0 Å². The molecule has 1 rings (SSSR count). The van der Waals surface area contributed by atoms with Crippen molar-refractivity contribution in [2.24, 2.45) is 0 Å². The Morgan fingerprint density at radius 3 is 1.26 bits per heavy atom. The summed E-state index contributed by atoms with van der Waals surface area (Å²) in [5.74, 6) is 0. The minimum absolute atomic E-state index is 0. The Hall–Kier alpha value is -0.370. The Bertz CT molecular complexity index is 401. The fraction of sp³-hybridized carbons (Fsp3) is 0.800. The summed E-state index contributed by atoms with van der Waals surface area (Å²) in [5.41, 5.74) is 1.35. The molecule has 0 spiro atoms. The molecule has 1 aromatic rings. The third-order valence-electron chi connectivity index (χ3n) is 5.58. The number of hydrogen-bond donors (Lipinski definition) is 0. The van der Waals surface area contributed by atoms with Crippen LogP contribution in [0.3, 0.4) is 0 Å². The van der Waals surface area contributed by atoms with E-state index in [-0.39, 0.29) is 17.0 Å². The largest absolute Gasteiger partial charge is 1.00 e. The Kier molecular flexibility index (Phi) is 20.1.